The normalized spacial score (nSPS) is 18.1. The highest BCUT2D eigenvalue weighted by Gasteiger charge is 2.27. The number of aliphatic imine (C=N–C) groups is 1. The highest BCUT2D eigenvalue weighted by Crippen LogP contribution is 2.21. The van der Waals surface area contributed by atoms with E-state index in [1.165, 1.54) is 0 Å². The quantitative estimate of drug-likeness (QED) is 0.590. The Morgan fingerprint density at radius 3 is 2.71 bits per heavy atom. The molecule has 0 saturated carbocycles. The van der Waals surface area contributed by atoms with Crippen LogP contribution in [0.5, 0.6) is 0 Å². The first-order valence-corrected chi connectivity index (χ1v) is 10.0. The van der Waals surface area contributed by atoms with Gasteiger partial charge in [-0.25, -0.2) is 9.78 Å². The summed E-state index contributed by atoms with van der Waals surface area (Å²) in [5.41, 5.74) is 0.454. The van der Waals surface area contributed by atoms with Crippen LogP contribution in [0.1, 0.15) is 57.4 Å². The fraction of sp³-hybridized carbons (Fsp3) is 0.750. The van der Waals surface area contributed by atoms with Crippen LogP contribution in [0, 0.1) is 19.8 Å². The van der Waals surface area contributed by atoms with Gasteiger partial charge < -0.3 is 24.7 Å². The number of nitrogens with zero attached hydrogens (tertiary/aromatic N) is 3. The Bertz CT molecular complexity index is 658. The van der Waals surface area contributed by atoms with Crippen LogP contribution < -0.4 is 10.6 Å². The number of piperidine rings is 1. The van der Waals surface area contributed by atoms with Gasteiger partial charge in [0.1, 0.15) is 11.4 Å². The van der Waals surface area contributed by atoms with E-state index in [-0.39, 0.29) is 6.09 Å². The van der Waals surface area contributed by atoms with Crippen LogP contribution in [-0.2, 0) is 11.3 Å². The van der Waals surface area contributed by atoms with Crippen molar-refractivity contribution >= 4 is 12.1 Å². The summed E-state index contributed by atoms with van der Waals surface area (Å²) in [6, 6.07) is 0. The van der Waals surface area contributed by atoms with Gasteiger partial charge in [-0.05, 0) is 59.8 Å². The molecule has 1 saturated heterocycles. The molecule has 1 aliphatic rings. The van der Waals surface area contributed by atoms with Gasteiger partial charge in [0.2, 0.25) is 5.89 Å². The molecule has 0 aromatic carbocycles. The molecule has 0 radical (unpaired) electrons. The van der Waals surface area contributed by atoms with Crippen molar-refractivity contribution < 1.29 is 13.9 Å². The standard InChI is InChI=1S/C20H35N5O3/c1-14-15(2)27-17(24-14)12-23-18(21-6)22-10-9-16-8-7-11-25(13-16)19(26)28-20(3,4)5/h16H,7-13H2,1-6H3,(H2,21,22,23). The molecule has 2 heterocycles. The molecule has 8 nitrogen and oxygen atoms in total. The number of rotatable bonds is 5. The predicted molar refractivity (Wildman–Crippen MR) is 109 cm³/mol. The average molecular weight is 394 g/mol. The van der Waals surface area contributed by atoms with Gasteiger partial charge in [-0.3, -0.25) is 4.99 Å². The van der Waals surface area contributed by atoms with Crippen molar-refractivity contribution in [3.8, 4) is 0 Å². The van der Waals surface area contributed by atoms with Gasteiger partial charge in [0, 0.05) is 26.7 Å². The minimum Gasteiger partial charge on any atom is -0.444 e. The molecule has 28 heavy (non-hydrogen) atoms. The van der Waals surface area contributed by atoms with Gasteiger partial charge in [0.05, 0.1) is 12.2 Å². The van der Waals surface area contributed by atoms with E-state index < -0.39 is 5.60 Å². The summed E-state index contributed by atoms with van der Waals surface area (Å²) >= 11 is 0. The number of oxazole rings is 1. The number of hydrogen-bond acceptors (Lipinski definition) is 5. The van der Waals surface area contributed by atoms with Crippen LogP contribution >= 0.6 is 0 Å². The van der Waals surface area contributed by atoms with Gasteiger partial charge >= 0.3 is 6.09 Å². The third-order valence-corrected chi connectivity index (χ3v) is 4.72. The van der Waals surface area contributed by atoms with Crippen molar-refractivity contribution in [2.45, 2.75) is 66.0 Å². The zero-order chi connectivity index (χ0) is 20.7. The van der Waals surface area contributed by atoms with E-state index in [4.69, 9.17) is 9.15 Å². The van der Waals surface area contributed by atoms with Crippen LogP contribution in [0.4, 0.5) is 4.79 Å². The fourth-order valence-corrected chi connectivity index (χ4v) is 3.18. The molecule has 1 unspecified atom stereocenters. The molecule has 0 aliphatic carbocycles. The lowest BCUT2D eigenvalue weighted by molar-refractivity contribution is 0.0162. The van der Waals surface area contributed by atoms with E-state index in [0.717, 1.165) is 50.4 Å². The molecule has 1 atom stereocenters. The first kappa shape index (κ1) is 22.0. The summed E-state index contributed by atoms with van der Waals surface area (Å²) in [5.74, 6) is 2.67. The number of carbonyl (C=O) groups excluding carboxylic acids is 1. The third-order valence-electron chi connectivity index (χ3n) is 4.72. The highest BCUT2D eigenvalue weighted by molar-refractivity contribution is 5.79. The van der Waals surface area contributed by atoms with E-state index in [1.54, 1.807) is 7.05 Å². The molecule has 1 fully saturated rings. The van der Waals surface area contributed by atoms with Gasteiger partial charge in [-0.15, -0.1) is 0 Å². The fourth-order valence-electron chi connectivity index (χ4n) is 3.18. The largest absolute Gasteiger partial charge is 0.444 e. The Morgan fingerprint density at radius 2 is 2.11 bits per heavy atom. The first-order chi connectivity index (χ1) is 13.2. The lowest BCUT2D eigenvalue weighted by Gasteiger charge is -2.34. The van der Waals surface area contributed by atoms with Crippen molar-refractivity contribution in [3.05, 3.63) is 17.3 Å². The maximum Gasteiger partial charge on any atom is 0.410 e. The molecule has 1 amide bonds. The molecule has 1 aromatic rings. The second-order valence-corrected chi connectivity index (χ2v) is 8.33. The number of amides is 1. The number of aryl methyl sites for hydroxylation is 2. The van der Waals surface area contributed by atoms with Crippen LogP contribution in [0.15, 0.2) is 9.41 Å². The summed E-state index contributed by atoms with van der Waals surface area (Å²) in [5, 5.41) is 6.54. The summed E-state index contributed by atoms with van der Waals surface area (Å²) in [6.45, 7) is 12.3. The van der Waals surface area contributed by atoms with Crippen molar-refractivity contribution in [1.29, 1.82) is 0 Å². The molecule has 2 rings (SSSR count). The Kier molecular flexibility index (Phi) is 7.71. The molecule has 1 aromatic heterocycles. The number of aromatic nitrogens is 1. The Labute approximate surface area is 168 Å². The molecular formula is C20H35N5O3. The maximum absolute atomic E-state index is 12.3. The molecule has 0 spiro atoms. The predicted octanol–water partition coefficient (Wildman–Crippen LogP) is 2.99. The SMILES string of the molecule is CN=C(NCCC1CCCN(C(=O)OC(C)(C)C)C1)NCc1nc(C)c(C)o1. The van der Waals surface area contributed by atoms with Crippen molar-refractivity contribution in [2.24, 2.45) is 10.9 Å². The van der Waals surface area contributed by atoms with Crippen LogP contribution in [0.25, 0.3) is 0 Å². The molecular weight excluding hydrogens is 358 g/mol. The molecule has 0 bridgehead atoms. The smallest absolute Gasteiger partial charge is 0.410 e. The lowest BCUT2D eigenvalue weighted by atomic mass is 9.95. The lowest BCUT2D eigenvalue weighted by Crippen LogP contribution is -2.44. The topological polar surface area (TPSA) is 92.0 Å². The number of nitrogens with one attached hydrogen (secondary N) is 2. The minimum absolute atomic E-state index is 0.209. The van der Waals surface area contributed by atoms with Crippen LogP contribution in [-0.4, -0.2) is 54.2 Å². The van der Waals surface area contributed by atoms with E-state index in [9.17, 15) is 4.79 Å². The third kappa shape index (κ3) is 7.05. The summed E-state index contributed by atoms with van der Waals surface area (Å²) in [7, 11) is 1.74. The number of carbonyl (C=O) groups is 1. The number of hydrogen-bond donors (Lipinski definition) is 2. The van der Waals surface area contributed by atoms with Crippen LogP contribution in [0.3, 0.4) is 0 Å². The Hall–Kier alpha value is -2.25. The maximum atomic E-state index is 12.3. The number of likely N-dealkylation sites (tertiary alicyclic amines) is 1. The first-order valence-electron chi connectivity index (χ1n) is 10.0. The van der Waals surface area contributed by atoms with Gasteiger partial charge in [0.15, 0.2) is 5.96 Å². The zero-order valence-corrected chi connectivity index (χ0v) is 18.1. The van der Waals surface area contributed by atoms with Gasteiger partial charge in [-0.1, -0.05) is 0 Å². The van der Waals surface area contributed by atoms with Gasteiger partial charge in [-0.2, -0.15) is 0 Å². The molecule has 8 heteroatoms. The highest BCUT2D eigenvalue weighted by atomic mass is 16.6. The molecule has 1 aliphatic heterocycles. The van der Waals surface area contributed by atoms with E-state index >= 15 is 0 Å². The van der Waals surface area contributed by atoms with Crippen molar-refractivity contribution in [1.82, 2.24) is 20.5 Å². The minimum atomic E-state index is -0.455. The van der Waals surface area contributed by atoms with Gasteiger partial charge in [0.25, 0.3) is 0 Å². The second kappa shape index (κ2) is 9.80. The number of guanidine groups is 1. The van der Waals surface area contributed by atoms with E-state index in [2.05, 4.69) is 20.6 Å². The average Bonchev–Trinajstić information content (AvgIpc) is 2.94. The van der Waals surface area contributed by atoms with Crippen molar-refractivity contribution in [3.63, 3.8) is 0 Å². The Morgan fingerprint density at radius 1 is 1.36 bits per heavy atom. The van der Waals surface area contributed by atoms with Crippen LogP contribution in [0.2, 0.25) is 0 Å². The summed E-state index contributed by atoms with van der Waals surface area (Å²) < 4.78 is 11.1. The monoisotopic (exact) mass is 393 g/mol. The molecule has 158 valence electrons. The molecule has 2 N–H and O–H groups in total. The zero-order valence-electron chi connectivity index (χ0n) is 18.1. The number of ether oxygens (including phenoxy) is 1. The second-order valence-electron chi connectivity index (χ2n) is 8.33. The summed E-state index contributed by atoms with van der Waals surface area (Å²) in [6.07, 6.45) is 2.90. The van der Waals surface area contributed by atoms with E-state index in [1.807, 2.05) is 39.5 Å². The van der Waals surface area contributed by atoms with E-state index in [0.29, 0.717) is 24.3 Å². The summed E-state index contributed by atoms with van der Waals surface area (Å²) in [4.78, 5) is 22.7. The van der Waals surface area contributed by atoms with Crippen molar-refractivity contribution in [2.75, 3.05) is 26.7 Å². The Balaban J connectivity index is 1.72.